The molecule has 0 aliphatic rings. The molecule has 2 atom stereocenters. The Bertz CT molecular complexity index is 82.9. The molecule has 0 rings (SSSR count). The Kier molecular flexibility index (Phi) is 4.60. The van der Waals surface area contributed by atoms with E-state index in [1.165, 1.54) is 0 Å². The summed E-state index contributed by atoms with van der Waals surface area (Å²) in [5.41, 5.74) is 5.57. The normalized spacial score (nSPS) is 17.4. The van der Waals surface area contributed by atoms with Crippen molar-refractivity contribution in [1.82, 2.24) is 10.2 Å². The van der Waals surface area contributed by atoms with E-state index in [1.54, 1.807) is 0 Å². The summed E-state index contributed by atoms with van der Waals surface area (Å²) in [6.07, 6.45) is 0. The zero-order valence-electron chi connectivity index (χ0n) is 7.39. The summed E-state index contributed by atoms with van der Waals surface area (Å²) < 4.78 is 0. The van der Waals surface area contributed by atoms with Crippen molar-refractivity contribution >= 4 is 0 Å². The second-order valence-corrected chi connectivity index (χ2v) is 2.84. The Labute approximate surface area is 63.6 Å². The minimum absolute atomic E-state index is 0.435. The van der Waals surface area contributed by atoms with Gasteiger partial charge in [-0.1, -0.05) is 0 Å². The Morgan fingerprint density at radius 1 is 1.50 bits per heavy atom. The van der Waals surface area contributed by atoms with Crippen molar-refractivity contribution in [3.63, 3.8) is 0 Å². The number of likely N-dealkylation sites (N-methyl/N-ethyl adjacent to an activating group) is 2. The molecule has 0 amide bonds. The van der Waals surface area contributed by atoms with Gasteiger partial charge in [0.05, 0.1) is 0 Å². The minimum atomic E-state index is 0.435. The third-order valence-corrected chi connectivity index (χ3v) is 1.94. The summed E-state index contributed by atoms with van der Waals surface area (Å²) in [6, 6.07) is 0.894. The molecule has 0 aliphatic carbocycles. The van der Waals surface area contributed by atoms with Crippen LogP contribution in [0.2, 0.25) is 0 Å². The van der Waals surface area contributed by atoms with Crippen molar-refractivity contribution in [3.05, 3.63) is 0 Å². The van der Waals surface area contributed by atoms with Crippen LogP contribution < -0.4 is 11.1 Å². The van der Waals surface area contributed by atoms with Gasteiger partial charge in [0.25, 0.3) is 0 Å². The van der Waals surface area contributed by atoms with Gasteiger partial charge in [-0.25, -0.2) is 0 Å². The van der Waals surface area contributed by atoms with Gasteiger partial charge in [-0.05, 0) is 28.1 Å². The van der Waals surface area contributed by atoms with Crippen LogP contribution in [0.3, 0.4) is 0 Å². The van der Waals surface area contributed by atoms with Gasteiger partial charge < -0.3 is 16.0 Å². The lowest BCUT2D eigenvalue weighted by Gasteiger charge is -2.28. The molecule has 0 fully saturated rings. The zero-order chi connectivity index (χ0) is 8.15. The average molecular weight is 145 g/mol. The van der Waals surface area contributed by atoms with E-state index < -0.39 is 0 Å². The number of rotatable bonds is 4. The first-order valence-electron chi connectivity index (χ1n) is 3.67. The number of nitrogens with two attached hydrogens (primary N) is 1. The van der Waals surface area contributed by atoms with E-state index >= 15 is 0 Å². The van der Waals surface area contributed by atoms with E-state index in [1.807, 2.05) is 21.1 Å². The fraction of sp³-hybridized carbons (Fsp3) is 1.00. The fourth-order valence-electron chi connectivity index (χ4n) is 1.05. The topological polar surface area (TPSA) is 41.3 Å². The first kappa shape index (κ1) is 9.88. The molecule has 3 heteroatoms. The zero-order valence-corrected chi connectivity index (χ0v) is 7.39. The Hall–Kier alpha value is -0.120. The molecule has 0 spiro atoms. The highest BCUT2D eigenvalue weighted by molar-refractivity contribution is 4.77. The van der Waals surface area contributed by atoms with Crippen LogP contribution >= 0.6 is 0 Å². The SMILES string of the molecule is CNC(C)C(CN)N(C)C. The maximum atomic E-state index is 5.57. The summed E-state index contributed by atoms with van der Waals surface area (Å²) in [5, 5.41) is 3.18. The van der Waals surface area contributed by atoms with E-state index in [2.05, 4.69) is 17.1 Å². The van der Waals surface area contributed by atoms with E-state index in [0.29, 0.717) is 18.6 Å². The van der Waals surface area contributed by atoms with E-state index in [0.717, 1.165) is 0 Å². The molecular formula is C7H19N3. The molecule has 0 heterocycles. The standard InChI is InChI=1S/C7H19N3/c1-6(9-2)7(5-8)10(3)4/h6-7,9H,5,8H2,1-4H3. The highest BCUT2D eigenvalue weighted by atomic mass is 15.1. The van der Waals surface area contributed by atoms with Crippen LogP contribution in [-0.2, 0) is 0 Å². The molecule has 2 unspecified atom stereocenters. The molecule has 0 saturated heterocycles. The second kappa shape index (κ2) is 4.66. The van der Waals surface area contributed by atoms with Gasteiger partial charge in [0, 0.05) is 18.6 Å². The molecule has 3 nitrogen and oxygen atoms in total. The third kappa shape index (κ3) is 2.64. The van der Waals surface area contributed by atoms with Crippen molar-refractivity contribution in [1.29, 1.82) is 0 Å². The summed E-state index contributed by atoms with van der Waals surface area (Å²) in [5.74, 6) is 0. The van der Waals surface area contributed by atoms with E-state index in [-0.39, 0.29) is 0 Å². The highest BCUT2D eigenvalue weighted by Gasteiger charge is 2.14. The maximum absolute atomic E-state index is 5.57. The third-order valence-electron chi connectivity index (χ3n) is 1.94. The summed E-state index contributed by atoms with van der Waals surface area (Å²) in [4.78, 5) is 2.14. The summed E-state index contributed by atoms with van der Waals surface area (Å²) in [7, 11) is 6.05. The predicted molar refractivity (Wildman–Crippen MR) is 45.1 cm³/mol. The Balaban J connectivity index is 3.80. The quantitative estimate of drug-likeness (QED) is 0.559. The molecule has 0 saturated carbocycles. The number of hydrogen-bond donors (Lipinski definition) is 2. The second-order valence-electron chi connectivity index (χ2n) is 2.84. The average Bonchev–Trinajstić information content (AvgIpc) is 1.88. The van der Waals surface area contributed by atoms with E-state index in [4.69, 9.17) is 5.73 Å². The van der Waals surface area contributed by atoms with Gasteiger partial charge >= 0.3 is 0 Å². The molecular weight excluding hydrogens is 126 g/mol. The van der Waals surface area contributed by atoms with Gasteiger partial charge in [0.2, 0.25) is 0 Å². The van der Waals surface area contributed by atoms with Crippen molar-refractivity contribution in [2.75, 3.05) is 27.7 Å². The molecule has 10 heavy (non-hydrogen) atoms. The Morgan fingerprint density at radius 2 is 2.00 bits per heavy atom. The molecule has 0 aliphatic heterocycles. The maximum Gasteiger partial charge on any atom is 0.0362 e. The van der Waals surface area contributed by atoms with Crippen molar-refractivity contribution in [3.8, 4) is 0 Å². The lowest BCUT2D eigenvalue weighted by molar-refractivity contribution is 0.249. The Morgan fingerprint density at radius 3 is 2.10 bits per heavy atom. The van der Waals surface area contributed by atoms with Gasteiger partial charge in [0.1, 0.15) is 0 Å². The largest absolute Gasteiger partial charge is 0.329 e. The number of hydrogen-bond acceptors (Lipinski definition) is 3. The molecule has 3 N–H and O–H groups in total. The van der Waals surface area contributed by atoms with Crippen LogP contribution in [0.4, 0.5) is 0 Å². The first-order valence-corrected chi connectivity index (χ1v) is 3.67. The van der Waals surface area contributed by atoms with Crippen LogP contribution in [-0.4, -0.2) is 44.7 Å². The lowest BCUT2D eigenvalue weighted by Crippen LogP contribution is -2.48. The van der Waals surface area contributed by atoms with Crippen molar-refractivity contribution in [2.45, 2.75) is 19.0 Å². The number of nitrogens with one attached hydrogen (secondary N) is 1. The molecule has 0 radical (unpaired) electrons. The number of nitrogens with zero attached hydrogens (tertiary/aromatic N) is 1. The monoisotopic (exact) mass is 145 g/mol. The molecule has 0 aromatic carbocycles. The van der Waals surface area contributed by atoms with Gasteiger partial charge in [-0.3, -0.25) is 0 Å². The lowest BCUT2D eigenvalue weighted by atomic mass is 10.1. The molecule has 62 valence electrons. The van der Waals surface area contributed by atoms with Crippen LogP contribution in [0.25, 0.3) is 0 Å². The predicted octanol–water partition coefficient (Wildman–Crippen LogP) is -0.517. The van der Waals surface area contributed by atoms with Crippen LogP contribution in [0.1, 0.15) is 6.92 Å². The van der Waals surface area contributed by atoms with Crippen LogP contribution in [0.15, 0.2) is 0 Å². The molecule has 0 bridgehead atoms. The fourth-order valence-corrected chi connectivity index (χ4v) is 1.05. The molecule has 0 aromatic rings. The first-order chi connectivity index (χ1) is 4.63. The smallest absolute Gasteiger partial charge is 0.0362 e. The van der Waals surface area contributed by atoms with Crippen molar-refractivity contribution in [2.24, 2.45) is 5.73 Å². The minimum Gasteiger partial charge on any atom is -0.329 e. The van der Waals surface area contributed by atoms with Gasteiger partial charge in [-0.2, -0.15) is 0 Å². The highest BCUT2D eigenvalue weighted by Crippen LogP contribution is 1.96. The van der Waals surface area contributed by atoms with E-state index in [9.17, 15) is 0 Å². The van der Waals surface area contributed by atoms with Gasteiger partial charge in [-0.15, -0.1) is 0 Å². The van der Waals surface area contributed by atoms with Crippen LogP contribution in [0, 0.1) is 0 Å². The van der Waals surface area contributed by atoms with Crippen molar-refractivity contribution < 1.29 is 0 Å². The molecule has 0 aromatic heterocycles. The van der Waals surface area contributed by atoms with Crippen LogP contribution in [0.5, 0.6) is 0 Å². The summed E-state index contributed by atoms with van der Waals surface area (Å²) >= 11 is 0. The van der Waals surface area contributed by atoms with Gasteiger partial charge in [0.15, 0.2) is 0 Å². The summed E-state index contributed by atoms with van der Waals surface area (Å²) in [6.45, 7) is 2.84.